The standard InChI is InChI=1S/C19H40N2O9/c1-23-9-16(10-24-2)27-13-18(14-28-17(11-25-3)12-26-4)29-15-19(22)21-7-5-6-8-30-20/h16-18H,5-15,20H2,1-4H3,(H,21,22). The maximum absolute atomic E-state index is 12.0. The van der Waals surface area contributed by atoms with Crippen molar-refractivity contribution in [2.24, 2.45) is 5.90 Å². The van der Waals surface area contributed by atoms with E-state index in [4.69, 9.17) is 39.1 Å². The van der Waals surface area contributed by atoms with Gasteiger partial charge in [0.25, 0.3) is 0 Å². The molecule has 11 heteroatoms. The average Bonchev–Trinajstić information content (AvgIpc) is 2.73. The summed E-state index contributed by atoms with van der Waals surface area (Å²) >= 11 is 0. The number of methoxy groups -OCH3 is 4. The molecule has 3 N–H and O–H groups in total. The third-order valence-corrected chi connectivity index (χ3v) is 3.91. The van der Waals surface area contributed by atoms with Gasteiger partial charge in [-0.25, -0.2) is 5.90 Å². The Labute approximate surface area is 179 Å². The third-order valence-electron chi connectivity index (χ3n) is 3.91. The Bertz CT molecular complexity index is 359. The summed E-state index contributed by atoms with van der Waals surface area (Å²) in [6.07, 6.45) is 0.568. The first-order chi connectivity index (χ1) is 14.6. The van der Waals surface area contributed by atoms with Gasteiger partial charge in [0.1, 0.15) is 24.9 Å². The monoisotopic (exact) mass is 440 g/mol. The van der Waals surface area contributed by atoms with E-state index >= 15 is 0 Å². The minimum absolute atomic E-state index is 0.108. The fourth-order valence-electron chi connectivity index (χ4n) is 2.45. The van der Waals surface area contributed by atoms with Crippen molar-refractivity contribution in [1.29, 1.82) is 0 Å². The second-order valence-electron chi connectivity index (χ2n) is 6.59. The first kappa shape index (κ1) is 29.1. The fourth-order valence-corrected chi connectivity index (χ4v) is 2.45. The van der Waals surface area contributed by atoms with E-state index in [2.05, 4.69) is 10.2 Å². The van der Waals surface area contributed by atoms with Crippen molar-refractivity contribution in [2.45, 2.75) is 31.2 Å². The SMILES string of the molecule is COCC(COC)OCC(COC(COC)COC)OCC(=O)NCCCCON. The van der Waals surface area contributed by atoms with Gasteiger partial charge in [-0.05, 0) is 12.8 Å². The van der Waals surface area contributed by atoms with Crippen LogP contribution in [0, 0.1) is 0 Å². The summed E-state index contributed by atoms with van der Waals surface area (Å²) < 4.78 is 37.9. The summed E-state index contributed by atoms with van der Waals surface area (Å²) in [4.78, 5) is 16.5. The zero-order valence-electron chi connectivity index (χ0n) is 18.8. The van der Waals surface area contributed by atoms with Crippen LogP contribution in [0.25, 0.3) is 0 Å². The van der Waals surface area contributed by atoms with Crippen LogP contribution in [0.5, 0.6) is 0 Å². The molecular formula is C19H40N2O9. The summed E-state index contributed by atoms with van der Waals surface area (Å²) in [5, 5.41) is 2.79. The number of rotatable bonds is 22. The van der Waals surface area contributed by atoms with Crippen LogP contribution in [0.2, 0.25) is 0 Å². The maximum Gasteiger partial charge on any atom is 0.246 e. The lowest BCUT2D eigenvalue weighted by Gasteiger charge is -2.24. The van der Waals surface area contributed by atoms with E-state index in [1.54, 1.807) is 28.4 Å². The quantitative estimate of drug-likeness (QED) is 0.168. The molecule has 30 heavy (non-hydrogen) atoms. The normalized spacial score (nSPS) is 11.7. The number of amides is 1. The number of unbranched alkanes of at least 4 members (excludes halogenated alkanes) is 1. The highest BCUT2D eigenvalue weighted by molar-refractivity contribution is 5.77. The van der Waals surface area contributed by atoms with Crippen molar-refractivity contribution in [3.8, 4) is 0 Å². The summed E-state index contributed by atoms with van der Waals surface area (Å²) in [5.41, 5.74) is 0. The molecule has 180 valence electrons. The highest BCUT2D eigenvalue weighted by Crippen LogP contribution is 2.04. The molecule has 0 aromatic rings. The Balaban J connectivity index is 4.54. The molecule has 0 radical (unpaired) electrons. The molecule has 0 aliphatic heterocycles. The first-order valence-electron chi connectivity index (χ1n) is 10.00. The Kier molecular flexibility index (Phi) is 20.7. The lowest BCUT2D eigenvalue weighted by Crippen LogP contribution is -2.37. The smallest absolute Gasteiger partial charge is 0.246 e. The van der Waals surface area contributed by atoms with E-state index in [0.717, 1.165) is 12.8 Å². The molecule has 0 saturated carbocycles. The van der Waals surface area contributed by atoms with Gasteiger partial charge in [0, 0.05) is 35.0 Å². The van der Waals surface area contributed by atoms with Gasteiger partial charge in [-0.2, -0.15) is 0 Å². The molecule has 0 spiro atoms. The van der Waals surface area contributed by atoms with Gasteiger partial charge in [-0.1, -0.05) is 0 Å². The van der Waals surface area contributed by atoms with Gasteiger partial charge >= 0.3 is 0 Å². The molecule has 11 nitrogen and oxygen atoms in total. The molecule has 0 fully saturated rings. The number of hydrogen-bond acceptors (Lipinski definition) is 10. The van der Waals surface area contributed by atoms with Crippen LogP contribution >= 0.6 is 0 Å². The van der Waals surface area contributed by atoms with E-state index in [0.29, 0.717) is 39.6 Å². The molecule has 0 aliphatic rings. The molecular weight excluding hydrogens is 400 g/mol. The lowest BCUT2D eigenvalue weighted by atomic mass is 10.3. The highest BCUT2D eigenvalue weighted by atomic mass is 16.6. The van der Waals surface area contributed by atoms with Crippen LogP contribution in [0.4, 0.5) is 0 Å². The predicted octanol–water partition coefficient (Wildman–Crippen LogP) is -0.486. The number of carbonyl (C=O) groups excluding carboxylic acids is 1. The number of ether oxygens (including phenoxy) is 7. The van der Waals surface area contributed by atoms with Crippen molar-refractivity contribution < 1.29 is 42.8 Å². The van der Waals surface area contributed by atoms with E-state index in [-0.39, 0.29) is 37.9 Å². The molecule has 0 aromatic heterocycles. The Morgan fingerprint density at radius 2 is 1.20 bits per heavy atom. The van der Waals surface area contributed by atoms with E-state index in [9.17, 15) is 4.79 Å². The second kappa shape index (κ2) is 21.3. The first-order valence-corrected chi connectivity index (χ1v) is 10.00. The van der Waals surface area contributed by atoms with E-state index in [1.165, 1.54) is 0 Å². The Morgan fingerprint density at radius 1 is 0.733 bits per heavy atom. The molecule has 0 atom stereocenters. The molecule has 0 rings (SSSR count). The zero-order chi connectivity index (χ0) is 22.5. The molecule has 1 amide bonds. The van der Waals surface area contributed by atoms with Crippen LogP contribution < -0.4 is 11.2 Å². The summed E-state index contributed by atoms with van der Waals surface area (Å²) in [6.45, 7) is 2.82. The number of hydrogen-bond donors (Lipinski definition) is 2. The summed E-state index contributed by atoms with van der Waals surface area (Å²) in [5.74, 6) is 4.75. The molecule has 0 bridgehead atoms. The summed E-state index contributed by atoms with van der Waals surface area (Å²) in [6, 6.07) is 0. The Morgan fingerprint density at radius 3 is 1.63 bits per heavy atom. The number of carbonyl (C=O) groups is 1. The van der Waals surface area contributed by atoms with Crippen LogP contribution in [0.1, 0.15) is 12.8 Å². The highest BCUT2D eigenvalue weighted by Gasteiger charge is 2.19. The van der Waals surface area contributed by atoms with Crippen LogP contribution in [0.3, 0.4) is 0 Å². The van der Waals surface area contributed by atoms with E-state index in [1.807, 2.05) is 0 Å². The molecule has 0 unspecified atom stereocenters. The van der Waals surface area contributed by atoms with Gasteiger partial charge in [-0.15, -0.1) is 0 Å². The van der Waals surface area contributed by atoms with Crippen molar-refractivity contribution in [3.05, 3.63) is 0 Å². The van der Waals surface area contributed by atoms with Crippen LogP contribution in [-0.4, -0.2) is 112 Å². The zero-order valence-corrected chi connectivity index (χ0v) is 18.8. The van der Waals surface area contributed by atoms with Crippen molar-refractivity contribution in [2.75, 3.05) is 87.8 Å². The topological polar surface area (TPSA) is 129 Å². The molecule has 0 aromatic carbocycles. The minimum atomic E-state index is -0.464. The largest absolute Gasteiger partial charge is 0.382 e. The van der Waals surface area contributed by atoms with Crippen molar-refractivity contribution in [1.82, 2.24) is 5.32 Å². The summed E-state index contributed by atoms with van der Waals surface area (Å²) in [7, 11) is 6.36. The fraction of sp³-hybridized carbons (Fsp3) is 0.947. The van der Waals surface area contributed by atoms with E-state index < -0.39 is 6.10 Å². The Hall–Kier alpha value is -0.890. The molecule has 0 heterocycles. The van der Waals surface area contributed by atoms with Gasteiger partial charge in [-0.3, -0.25) is 4.79 Å². The molecule has 0 saturated heterocycles. The number of nitrogens with one attached hydrogen (secondary N) is 1. The molecule has 0 aliphatic carbocycles. The van der Waals surface area contributed by atoms with Crippen molar-refractivity contribution >= 4 is 5.91 Å². The second-order valence-corrected chi connectivity index (χ2v) is 6.59. The van der Waals surface area contributed by atoms with Crippen LogP contribution in [0.15, 0.2) is 0 Å². The predicted molar refractivity (Wildman–Crippen MR) is 109 cm³/mol. The van der Waals surface area contributed by atoms with Gasteiger partial charge in [0.15, 0.2) is 0 Å². The van der Waals surface area contributed by atoms with Crippen molar-refractivity contribution in [3.63, 3.8) is 0 Å². The lowest BCUT2D eigenvalue weighted by molar-refractivity contribution is -0.140. The average molecular weight is 441 g/mol. The maximum atomic E-state index is 12.0. The third kappa shape index (κ3) is 16.9. The minimum Gasteiger partial charge on any atom is -0.382 e. The van der Waals surface area contributed by atoms with Crippen LogP contribution in [-0.2, 0) is 42.8 Å². The van der Waals surface area contributed by atoms with Gasteiger partial charge < -0.3 is 43.3 Å². The van der Waals surface area contributed by atoms with Gasteiger partial charge in [0.2, 0.25) is 5.91 Å². The number of nitrogens with two attached hydrogens (primary N) is 1. The van der Waals surface area contributed by atoms with Gasteiger partial charge in [0.05, 0.1) is 46.2 Å².